The smallest absolute Gasteiger partial charge is 0.0343 e. The van der Waals surface area contributed by atoms with Crippen molar-refractivity contribution in [2.75, 3.05) is 13.1 Å². The van der Waals surface area contributed by atoms with Gasteiger partial charge in [-0.15, -0.1) is 11.3 Å². The van der Waals surface area contributed by atoms with Crippen molar-refractivity contribution in [2.45, 2.75) is 13.3 Å². The average molecular weight is 246 g/mol. The van der Waals surface area contributed by atoms with Gasteiger partial charge in [-0.05, 0) is 59.2 Å². The predicted octanol–water partition coefficient (Wildman–Crippen LogP) is 2.58. The van der Waals surface area contributed by atoms with E-state index >= 15 is 0 Å². The molecule has 0 saturated carbocycles. The number of rotatable bonds is 2. The molecule has 0 spiro atoms. The molecular formula is C9H12BrNS. The molecule has 1 aromatic rings. The Kier molecular flexibility index (Phi) is 2.53. The lowest BCUT2D eigenvalue weighted by Gasteiger charge is -2.26. The molecule has 66 valence electrons. The van der Waals surface area contributed by atoms with E-state index in [0.717, 1.165) is 5.92 Å². The predicted molar refractivity (Wildman–Crippen MR) is 56.8 cm³/mol. The lowest BCUT2D eigenvalue weighted by Crippen LogP contribution is -2.42. The second kappa shape index (κ2) is 3.48. The normalized spacial score (nSPS) is 17.8. The largest absolute Gasteiger partial charge is 0.316 e. The summed E-state index contributed by atoms with van der Waals surface area (Å²) in [6.45, 7) is 4.55. The Bertz CT molecular complexity index is 278. The maximum absolute atomic E-state index is 3.62. The molecule has 2 heterocycles. The molecule has 1 N–H and O–H groups in total. The Balaban J connectivity index is 2.06. The van der Waals surface area contributed by atoms with Gasteiger partial charge in [-0.2, -0.15) is 0 Å². The summed E-state index contributed by atoms with van der Waals surface area (Å²) in [6, 6.07) is 0. The second-order valence-corrected chi connectivity index (χ2v) is 5.14. The monoisotopic (exact) mass is 245 g/mol. The number of hydrogen-bond donors (Lipinski definition) is 1. The van der Waals surface area contributed by atoms with Gasteiger partial charge in [0, 0.05) is 9.35 Å². The SMILES string of the molecule is Cc1csc(CC2CNC2)c1Br. The summed E-state index contributed by atoms with van der Waals surface area (Å²) in [5.41, 5.74) is 1.38. The average Bonchev–Trinajstić information content (AvgIpc) is 2.27. The maximum atomic E-state index is 3.62. The summed E-state index contributed by atoms with van der Waals surface area (Å²) in [6.07, 6.45) is 1.24. The van der Waals surface area contributed by atoms with Crippen LogP contribution in [0.5, 0.6) is 0 Å². The molecule has 0 radical (unpaired) electrons. The molecule has 1 nitrogen and oxygen atoms in total. The van der Waals surface area contributed by atoms with Crippen LogP contribution in [0.3, 0.4) is 0 Å². The molecule has 2 rings (SSSR count). The number of hydrogen-bond acceptors (Lipinski definition) is 2. The van der Waals surface area contributed by atoms with Gasteiger partial charge in [0.2, 0.25) is 0 Å². The highest BCUT2D eigenvalue weighted by Gasteiger charge is 2.19. The molecule has 1 aromatic heterocycles. The fourth-order valence-corrected chi connectivity index (χ4v) is 3.12. The van der Waals surface area contributed by atoms with Crippen molar-refractivity contribution >= 4 is 27.3 Å². The van der Waals surface area contributed by atoms with Crippen molar-refractivity contribution in [3.8, 4) is 0 Å². The second-order valence-electron chi connectivity index (χ2n) is 3.38. The van der Waals surface area contributed by atoms with Crippen molar-refractivity contribution in [3.63, 3.8) is 0 Å². The molecule has 0 aromatic carbocycles. The van der Waals surface area contributed by atoms with Gasteiger partial charge >= 0.3 is 0 Å². The summed E-state index contributed by atoms with van der Waals surface area (Å²) >= 11 is 5.50. The van der Waals surface area contributed by atoms with E-state index < -0.39 is 0 Å². The third kappa shape index (κ3) is 1.58. The van der Waals surface area contributed by atoms with Crippen molar-refractivity contribution in [1.82, 2.24) is 5.32 Å². The fraction of sp³-hybridized carbons (Fsp3) is 0.556. The van der Waals surface area contributed by atoms with Crippen LogP contribution < -0.4 is 5.32 Å². The van der Waals surface area contributed by atoms with Gasteiger partial charge in [0.25, 0.3) is 0 Å². The molecular weight excluding hydrogens is 234 g/mol. The van der Waals surface area contributed by atoms with Gasteiger partial charge < -0.3 is 5.32 Å². The van der Waals surface area contributed by atoms with Crippen LogP contribution in [-0.2, 0) is 6.42 Å². The van der Waals surface area contributed by atoms with E-state index in [9.17, 15) is 0 Å². The number of nitrogens with one attached hydrogen (secondary N) is 1. The Morgan fingerprint density at radius 1 is 1.67 bits per heavy atom. The quantitative estimate of drug-likeness (QED) is 0.845. The van der Waals surface area contributed by atoms with Gasteiger partial charge in [-0.25, -0.2) is 0 Å². The highest BCUT2D eigenvalue weighted by Crippen LogP contribution is 2.30. The zero-order valence-corrected chi connectivity index (χ0v) is 9.46. The van der Waals surface area contributed by atoms with Crippen LogP contribution in [0.25, 0.3) is 0 Å². The highest BCUT2D eigenvalue weighted by molar-refractivity contribution is 9.10. The van der Waals surface area contributed by atoms with Crippen molar-refractivity contribution in [3.05, 3.63) is 20.3 Å². The standard InChI is InChI=1S/C9H12BrNS/c1-6-5-12-8(9(6)10)2-7-3-11-4-7/h5,7,11H,2-4H2,1H3. The van der Waals surface area contributed by atoms with E-state index in [-0.39, 0.29) is 0 Å². The summed E-state index contributed by atoms with van der Waals surface area (Å²) in [7, 11) is 0. The van der Waals surface area contributed by atoms with Crippen LogP contribution in [0.1, 0.15) is 10.4 Å². The van der Waals surface area contributed by atoms with Gasteiger partial charge in [0.15, 0.2) is 0 Å². The van der Waals surface area contributed by atoms with Crippen LogP contribution in [0.15, 0.2) is 9.85 Å². The highest BCUT2D eigenvalue weighted by atomic mass is 79.9. The molecule has 1 aliphatic heterocycles. The third-order valence-electron chi connectivity index (χ3n) is 2.31. The molecule has 1 aliphatic rings. The summed E-state index contributed by atoms with van der Waals surface area (Å²) in [5.74, 6) is 0.874. The van der Waals surface area contributed by atoms with Crippen molar-refractivity contribution in [1.29, 1.82) is 0 Å². The summed E-state index contributed by atoms with van der Waals surface area (Å²) < 4.78 is 1.33. The number of thiophene rings is 1. The first kappa shape index (κ1) is 8.73. The first-order valence-corrected chi connectivity index (χ1v) is 5.88. The van der Waals surface area contributed by atoms with Crippen LogP contribution in [-0.4, -0.2) is 13.1 Å². The minimum absolute atomic E-state index is 0.874. The topological polar surface area (TPSA) is 12.0 Å². The van der Waals surface area contributed by atoms with Crippen LogP contribution in [0.2, 0.25) is 0 Å². The van der Waals surface area contributed by atoms with Gasteiger partial charge in [-0.1, -0.05) is 0 Å². The van der Waals surface area contributed by atoms with E-state index in [1.165, 1.54) is 34.4 Å². The lowest BCUT2D eigenvalue weighted by atomic mass is 9.98. The molecule has 0 amide bonds. The van der Waals surface area contributed by atoms with Crippen LogP contribution in [0.4, 0.5) is 0 Å². The van der Waals surface area contributed by atoms with Crippen LogP contribution in [0, 0.1) is 12.8 Å². The van der Waals surface area contributed by atoms with E-state index in [0.29, 0.717) is 0 Å². The van der Waals surface area contributed by atoms with Gasteiger partial charge in [0.1, 0.15) is 0 Å². The molecule has 3 heteroatoms. The van der Waals surface area contributed by atoms with E-state index in [4.69, 9.17) is 0 Å². The van der Waals surface area contributed by atoms with Gasteiger partial charge in [-0.3, -0.25) is 0 Å². The first-order chi connectivity index (χ1) is 5.77. The summed E-state index contributed by atoms with van der Waals surface area (Å²) in [5, 5.41) is 5.52. The van der Waals surface area contributed by atoms with Crippen molar-refractivity contribution < 1.29 is 0 Å². The Hall–Kier alpha value is 0.140. The molecule has 0 atom stereocenters. The lowest BCUT2D eigenvalue weighted by molar-refractivity contribution is 0.348. The van der Waals surface area contributed by atoms with E-state index in [2.05, 4.69) is 33.6 Å². The Labute approximate surface area is 85.3 Å². The zero-order valence-electron chi connectivity index (χ0n) is 7.06. The first-order valence-electron chi connectivity index (χ1n) is 4.20. The maximum Gasteiger partial charge on any atom is 0.0343 e. The fourth-order valence-electron chi connectivity index (χ4n) is 1.38. The molecule has 0 aliphatic carbocycles. The molecule has 0 bridgehead atoms. The molecule has 0 unspecified atom stereocenters. The number of halogens is 1. The zero-order chi connectivity index (χ0) is 8.55. The minimum Gasteiger partial charge on any atom is -0.316 e. The Morgan fingerprint density at radius 2 is 2.42 bits per heavy atom. The Morgan fingerprint density at radius 3 is 2.83 bits per heavy atom. The summed E-state index contributed by atoms with van der Waals surface area (Å²) in [4.78, 5) is 1.51. The van der Waals surface area contributed by atoms with Crippen LogP contribution >= 0.6 is 27.3 Å². The van der Waals surface area contributed by atoms with E-state index in [1.807, 2.05) is 11.3 Å². The molecule has 12 heavy (non-hydrogen) atoms. The van der Waals surface area contributed by atoms with E-state index in [1.54, 1.807) is 0 Å². The third-order valence-corrected chi connectivity index (χ3v) is 4.80. The number of aryl methyl sites for hydroxylation is 1. The van der Waals surface area contributed by atoms with Gasteiger partial charge in [0.05, 0.1) is 0 Å². The van der Waals surface area contributed by atoms with Crippen molar-refractivity contribution in [2.24, 2.45) is 5.92 Å². The molecule has 1 saturated heterocycles. The molecule has 1 fully saturated rings. The minimum atomic E-state index is 0.874.